The summed E-state index contributed by atoms with van der Waals surface area (Å²) in [6, 6.07) is 7.05. The van der Waals surface area contributed by atoms with Crippen molar-refractivity contribution in [2.24, 2.45) is 0 Å². The third-order valence-corrected chi connectivity index (χ3v) is 5.28. The Hall–Kier alpha value is -2.08. The van der Waals surface area contributed by atoms with Gasteiger partial charge in [-0.2, -0.15) is 0 Å². The smallest absolute Gasteiger partial charge is 0.290 e. The minimum Gasteiger partial charge on any atom is -0.459 e. The van der Waals surface area contributed by atoms with E-state index in [2.05, 4.69) is 18.3 Å². The average Bonchev–Trinajstić information content (AvgIpc) is 3.33. The van der Waals surface area contributed by atoms with Crippen LogP contribution >= 0.6 is 11.3 Å². The highest BCUT2D eigenvalue weighted by molar-refractivity contribution is 7.11. The summed E-state index contributed by atoms with van der Waals surface area (Å²) >= 11 is 1.71. The van der Waals surface area contributed by atoms with E-state index in [0.717, 1.165) is 17.7 Å². The van der Waals surface area contributed by atoms with Gasteiger partial charge in [0.15, 0.2) is 5.76 Å². The lowest BCUT2D eigenvalue weighted by atomic mass is 10.2. The summed E-state index contributed by atoms with van der Waals surface area (Å²) in [4.78, 5) is 28.9. The summed E-state index contributed by atoms with van der Waals surface area (Å²) in [5, 5.41) is 2.96. The molecule has 0 saturated carbocycles. The standard InChI is InChI=1S/C17H20N2O3S/c1-2-12-7-8-13(23-12)11-18-16(20)14-5-3-9-19(14)17(21)15-6-4-10-22-15/h4,6-8,10,14H,2-3,5,9,11H2,1H3,(H,18,20)/t14-/m0/s1. The van der Waals surface area contributed by atoms with Crippen molar-refractivity contribution >= 4 is 23.2 Å². The van der Waals surface area contributed by atoms with Crippen LogP contribution < -0.4 is 5.32 Å². The van der Waals surface area contributed by atoms with Crippen LogP contribution in [0.5, 0.6) is 0 Å². The molecule has 2 amide bonds. The third kappa shape index (κ3) is 3.47. The first-order chi connectivity index (χ1) is 11.2. The normalized spacial score (nSPS) is 17.4. The number of thiophene rings is 1. The van der Waals surface area contributed by atoms with Gasteiger partial charge in [-0.05, 0) is 43.5 Å². The Labute approximate surface area is 139 Å². The molecule has 2 aromatic rings. The van der Waals surface area contributed by atoms with Crippen LogP contribution in [0.3, 0.4) is 0 Å². The van der Waals surface area contributed by atoms with Crippen molar-refractivity contribution in [1.29, 1.82) is 0 Å². The molecule has 2 aromatic heterocycles. The zero-order valence-electron chi connectivity index (χ0n) is 13.1. The van der Waals surface area contributed by atoms with Gasteiger partial charge in [-0.1, -0.05) is 6.92 Å². The van der Waals surface area contributed by atoms with Gasteiger partial charge < -0.3 is 14.6 Å². The fourth-order valence-electron chi connectivity index (χ4n) is 2.82. The zero-order chi connectivity index (χ0) is 16.2. The minimum atomic E-state index is -0.404. The second kappa shape index (κ2) is 7.00. The van der Waals surface area contributed by atoms with Crippen molar-refractivity contribution in [1.82, 2.24) is 10.2 Å². The predicted octanol–water partition coefficient (Wildman–Crippen LogP) is 2.82. The number of amides is 2. The van der Waals surface area contributed by atoms with E-state index in [0.29, 0.717) is 19.5 Å². The molecular formula is C17H20N2O3S. The van der Waals surface area contributed by atoms with E-state index in [9.17, 15) is 9.59 Å². The van der Waals surface area contributed by atoms with Crippen molar-refractivity contribution in [2.75, 3.05) is 6.54 Å². The number of furan rings is 1. The number of likely N-dealkylation sites (tertiary alicyclic amines) is 1. The van der Waals surface area contributed by atoms with Crippen LogP contribution in [0.15, 0.2) is 34.9 Å². The first kappa shape index (κ1) is 15.8. The average molecular weight is 332 g/mol. The number of carbonyl (C=O) groups is 2. The Morgan fingerprint density at radius 2 is 2.17 bits per heavy atom. The van der Waals surface area contributed by atoms with E-state index in [1.54, 1.807) is 28.4 Å². The number of carbonyl (C=O) groups excluding carboxylic acids is 2. The lowest BCUT2D eigenvalue weighted by molar-refractivity contribution is -0.125. The Morgan fingerprint density at radius 3 is 2.87 bits per heavy atom. The molecule has 0 bridgehead atoms. The van der Waals surface area contributed by atoms with E-state index in [1.807, 2.05) is 6.07 Å². The van der Waals surface area contributed by atoms with E-state index < -0.39 is 6.04 Å². The molecule has 6 heteroatoms. The van der Waals surface area contributed by atoms with Crippen molar-refractivity contribution in [2.45, 2.75) is 38.8 Å². The molecule has 23 heavy (non-hydrogen) atoms. The van der Waals surface area contributed by atoms with Crippen LogP contribution in [-0.2, 0) is 17.8 Å². The molecule has 0 radical (unpaired) electrons. The van der Waals surface area contributed by atoms with Crippen LogP contribution in [0.4, 0.5) is 0 Å². The summed E-state index contributed by atoms with van der Waals surface area (Å²) in [7, 11) is 0. The second-order valence-electron chi connectivity index (χ2n) is 5.57. The lowest BCUT2D eigenvalue weighted by Gasteiger charge is -2.22. The fourth-order valence-corrected chi connectivity index (χ4v) is 3.72. The molecule has 3 heterocycles. The van der Waals surface area contributed by atoms with E-state index >= 15 is 0 Å². The number of aryl methyl sites for hydroxylation is 1. The van der Waals surface area contributed by atoms with Gasteiger partial charge in [-0.25, -0.2) is 0 Å². The summed E-state index contributed by atoms with van der Waals surface area (Å²) < 4.78 is 5.16. The topological polar surface area (TPSA) is 62.6 Å². The highest BCUT2D eigenvalue weighted by atomic mass is 32.1. The maximum absolute atomic E-state index is 12.4. The minimum absolute atomic E-state index is 0.0890. The maximum atomic E-state index is 12.4. The molecule has 1 aliphatic heterocycles. The van der Waals surface area contributed by atoms with Crippen LogP contribution in [0.1, 0.15) is 40.1 Å². The Kier molecular flexibility index (Phi) is 4.81. The summed E-state index contributed by atoms with van der Waals surface area (Å²) in [6.45, 7) is 3.23. The first-order valence-electron chi connectivity index (χ1n) is 7.89. The van der Waals surface area contributed by atoms with Gasteiger partial charge in [0.05, 0.1) is 12.8 Å². The van der Waals surface area contributed by atoms with Crippen molar-refractivity contribution in [3.63, 3.8) is 0 Å². The van der Waals surface area contributed by atoms with Crippen LogP contribution in [-0.4, -0.2) is 29.3 Å². The van der Waals surface area contributed by atoms with E-state index in [-0.39, 0.29) is 17.6 Å². The molecule has 0 unspecified atom stereocenters. The van der Waals surface area contributed by atoms with Gasteiger partial charge in [0.2, 0.25) is 5.91 Å². The maximum Gasteiger partial charge on any atom is 0.290 e. The number of hydrogen-bond acceptors (Lipinski definition) is 4. The summed E-state index contributed by atoms with van der Waals surface area (Å²) in [6.07, 6.45) is 4.01. The monoisotopic (exact) mass is 332 g/mol. The van der Waals surface area contributed by atoms with Gasteiger partial charge in [0.1, 0.15) is 6.04 Å². The molecule has 1 atom stereocenters. The molecular weight excluding hydrogens is 312 g/mol. The molecule has 0 spiro atoms. The number of nitrogens with one attached hydrogen (secondary N) is 1. The van der Waals surface area contributed by atoms with Gasteiger partial charge in [0, 0.05) is 16.3 Å². The van der Waals surface area contributed by atoms with Gasteiger partial charge in [-0.3, -0.25) is 9.59 Å². The Bertz CT molecular complexity index is 678. The lowest BCUT2D eigenvalue weighted by Crippen LogP contribution is -2.45. The SMILES string of the molecule is CCc1ccc(CNC(=O)[C@@H]2CCCN2C(=O)c2ccco2)s1. The first-order valence-corrected chi connectivity index (χ1v) is 8.70. The van der Waals surface area contributed by atoms with Crippen LogP contribution in [0, 0.1) is 0 Å². The van der Waals surface area contributed by atoms with Crippen molar-refractivity contribution in [3.05, 3.63) is 46.0 Å². The fraction of sp³-hybridized carbons (Fsp3) is 0.412. The van der Waals surface area contributed by atoms with Gasteiger partial charge >= 0.3 is 0 Å². The third-order valence-electron chi connectivity index (χ3n) is 4.05. The molecule has 122 valence electrons. The Balaban J connectivity index is 1.60. The van der Waals surface area contributed by atoms with Crippen molar-refractivity contribution in [3.8, 4) is 0 Å². The van der Waals surface area contributed by atoms with E-state index in [1.165, 1.54) is 11.1 Å². The van der Waals surface area contributed by atoms with Gasteiger partial charge in [0.25, 0.3) is 5.91 Å². The molecule has 1 N–H and O–H groups in total. The molecule has 3 rings (SSSR count). The highest BCUT2D eigenvalue weighted by Gasteiger charge is 2.35. The Morgan fingerprint density at radius 1 is 1.35 bits per heavy atom. The van der Waals surface area contributed by atoms with Crippen molar-refractivity contribution < 1.29 is 14.0 Å². The quantitative estimate of drug-likeness (QED) is 0.916. The molecule has 5 nitrogen and oxygen atoms in total. The molecule has 1 fully saturated rings. The second-order valence-corrected chi connectivity index (χ2v) is 6.83. The molecule has 1 aliphatic rings. The number of hydrogen-bond donors (Lipinski definition) is 1. The molecule has 1 saturated heterocycles. The van der Waals surface area contributed by atoms with Gasteiger partial charge in [-0.15, -0.1) is 11.3 Å². The molecule has 0 aliphatic carbocycles. The highest BCUT2D eigenvalue weighted by Crippen LogP contribution is 2.21. The van der Waals surface area contributed by atoms with Crippen LogP contribution in [0.2, 0.25) is 0 Å². The predicted molar refractivity (Wildman–Crippen MR) is 88.3 cm³/mol. The van der Waals surface area contributed by atoms with E-state index in [4.69, 9.17) is 4.42 Å². The largest absolute Gasteiger partial charge is 0.459 e. The number of nitrogens with zero attached hydrogens (tertiary/aromatic N) is 1. The summed E-state index contributed by atoms with van der Waals surface area (Å²) in [5.41, 5.74) is 0. The van der Waals surface area contributed by atoms with Crippen LogP contribution in [0.25, 0.3) is 0 Å². The zero-order valence-corrected chi connectivity index (χ0v) is 13.9. The molecule has 0 aromatic carbocycles. The number of rotatable bonds is 5. The summed E-state index contributed by atoms with van der Waals surface area (Å²) in [5.74, 6) is -0.0126.